The van der Waals surface area contributed by atoms with Crippen LogP contribution in [0.15, 0.2) is 41.2 Å². The van der Waals surface area contributed by atoms with Crippen molar-refractivity contribution in [2.45, 2.75) is 51.7 Å². The number of carbonyl (C=O) groups excluding carboxylic acids is 1. The predicted molar refractivity (Wildman–Crippen MR) is 138 cm³/mol. The number of aryl methyl sites for hydroxylation is 1. The smallest absolute Gasteiger partial charge is 0.381 e. The minimum Gasteiger partial charge on any atom is -0.381 e. The molecule has 0 radical (unpaired) electrons. The van der Waals surface area contributed by atoms with Gasteiger partial charge in [-0.2, -0.15) is 13.2 Å². The van der Waals surface area contributed by atoms with E-state index in [1.54, 1.807) is 31.2 Å². The number of aromatic nitrogens is 2. The Bertz CT molecular complexity index is 1390. The Morgan fingerprint density at radius 2 is 1.92 bits per heavy atom. The van der Waals surface area contributed by atoms with Crippen LogP contribution in [0, 0.1) is 12.3 Å². The van der Waals surface area contributed by atoms with Crippen molar-refractivity contribution in [3.8, 4) is 0 Å². The Hall–Kier alpha value is -3.40. The number of hydrogen-bond donors (Lipinski definition) is 2. The second kappa shape index (κ2) is 10.1. The van der Waals surface area contributed by atoms with Gasteiger partial charge in [-0.15, -0.1) is 0 Å². The van der Waals surface area contributed by atoms with Crippen molar-refractivity contribution in [3.63, 3.8) is 0 Å². The van der Waals surface area contributed by atoms with Gasteiger partial charge in [0.05, 0.1) is 23.1 Å². The number of piperidine rings is 1. The van der Waals surface area contributed by atoms with E-state index in [4.69, 9.17) is 4.74 Å². The highest BCUT2D eigenvalue weighted by Gasteiger charge is 2.39. The monoisotopic (exact) mass is 528 g/mol. The third-order valence-electron chi connectivity index (χ3n) is 7.63. The number of benzene rings is 2. The van der Waals surface area contributed by atoms with E-state index in [9.17, 15) is 22.8 Å². The van der Waals surface area contributed by atoms with E-state index in [0.717, 1.165) is 38.4 Å². The molecule has 2 fully saturated rings. The number of amides is 1. The Morgan fingerprint density at radius 1 is 1.18 bits per heavy atom. The normalized spacial score (nSPS) is 21.0. The molecule has 2 aliphatic rings. The molecule has 2 saturated heterocycles. The van der Waals surface area contributed by atoms with Crippen LogP contribution in [-0.4, -0.2) is 47.1 Å². The van der Waals surface area contributed by atoms with Crippen molar-refractivity contribution in [2.75, 3.05) is 31.6 Å². The van der Waals surface area contributed by atoms with E-state index in [-0.39, 0.29) is 33.6 Å². The summed E-state index contributed by atoms with van der Waals surface area (Å²) in [6, 6.07) is 8.18. The summed E-state index contributed by atoms with van der Waals surface area (Å²) in [5.74, 6) is 0.195. The molecule has 5 rings (SSSR count). The zero-order chi connectivity index (χ0) is 27.1. The Kier molecular flexibility index (Phi) is 6.94. The van der Waals surface area contributed by atoms with E-state index in [2.05, 4.69) is 15.3 Å². The zero-order valence-electron chi connectivity index (χ0n) is 21.5. The maximum absolute atomic E-state index is 13.9. The summed E-state index contributed by atoms with van der Waals surface area (Å²) >= 11 is 0. The molecule has 3 heterocycles. The Morgan fingerprint density at radius 3 is 2.61 bits per heavy atom. The number of rotatable bonds is 4. The lowest BCUT2D eigenvalue weighted by Gasteiger charge is -2.44. The van der Waals surface area contributed by atoms with E-state index in [1.807, 2.05) is 4.90 Å². The van der Waals surface area contributed by atoms with Gasteiger partial charge in [-0.1, -0.05) is 0 Å². The largest absolute Gasteiger partial charge is 0.416 e. The van der Waals surface area contributed by atoms with Gasteiger partial charge in [-0.05, 0) is 81.5 Å². The van der Waals surface area contributed by atoms with Crippen LogP contribution in [0.3, 0.4) is 0 Å². The van der Waals surface area contributed by atoms with Crippen molar-refractivity contribution in [1.29, 1.82) is 0 Å². The topological polar surface area (TPSA) is 87.3 Å². The van der Waals surface area contributed by atoms with Crippen LogP contribution in [0.1, 0.15) is 66.0 Å². The van der Waals surface area contributed by atoms with Crippen LogP contribution in [-0.2, 0) is 10.9 Å². The van der Waals surface area contributed by atoms with Crippen molar-refractivity contribution < 1.29 is 22.7 Å². The van der Waals surface area contributed by atoms with Crippen LogP contribution in [0.4, 0.5) is 18.9 Å². The standard InChI is InChI=1S/C28H31F3N4O3/c1-17(21-13-22-24(14-23(21)28(29,30)31)33-18(2)34-25(22)36)32-20-7-5-19(6-8-20)26(37)35-11-3-9-27(15-35)10-4-12-38-16-27/h5-8,13-14,17,32H,3-4,9-12,15-16H2,1-2H3,(H,33,34,36). The molecule has 1 aromatic heterocycles. The molecule has 2 atom stereocenters. The molecule has 10 heteroatoms. The molecule has 2 N–H and O–H groups in total. The number of carbonyl (C=O) groups is 1. The number of nitrogens with zero attached hydrogens (tertiary/aromatic N) is 2. The van der Waals surface area contributed by atoms with Gasteiger partial charge >= 0.3 is 6.18 Å². The summed E-state index contributed by atoms with van der Waals surface area (Å²) in [6.07, 6.45) is -0.541. The van der Waals surface area contributed by atoms with Crippen molar-refractivity contribution >= 4 is 22.5 Å². The van der Waals surface area contributed by atoms with Crippen LogP contribution < -0.4 is 10.9 Å². The first-order chi connectivity index (χ1) is 18.0. The Labute approximate surface area is 218 Å². The van der Waals surface area contributed by atoms with E-state index < -0.39 is 23.3 Å². The van der Waals surface area contributed by atoms with Crippen LogP contribution in [0.5, 0.6) is 0 Å². The number of halogens is 3. The number of ether oxygens (including phenoxy) is 1. The van der Waals surface area contributed by atoms with Crippen molar-refractivity contribution in [2.24, 2.45) is 5.41 Å². The highest BCUT2D eigenvalue weighted by atomic mass is 19.4. The average molecular weight is 529 g/mol. The first-order valence-electron chi connectivity index (χ1n) is 12.9. The van der Waals surface area contributed by atoms with E-state index >= 15 is 0 Å². The molecule has 1 spiro atoms. The second-order valence-electron chi connectivity index (χ2n) is 10.5. The summed E-state index contributed by atoms with van der Waals surface area (Å²) < 4.78 is 47.5. The number of fused-ring (bicyclic) bond motifs is 1. The maximum Gasteiger partial charge on any atom is 0.416 e. The highest BCUT2D eigenvalue weighted by Crippen LogP contribution is 2.39. The Balaban J connectivity index is 1.35. The molecule has 0 aliphatic carbocycles. The molecule has 2 aromatic carbocycles. The van der Waals surface area contributed by atoms with Gasteiger partial charge in [-0.3, -0.25) is 9.59 Å². The van der Waals surface area contributed by atoms with E-state index in [1.165, 1.54) is 13.0 Å². The number of alkyl halides is 3. The fraction of sp³-hybridized carbons (Fsp3) is 0.464. The van der Waals surface area contributed by atoms with Gasteiger partial charge in [-0.25, -0.2) is 4.98 Å². The molecule has 2 unspecified atom stereocenters. The summed E-state index contributed by atoms with van der Waals surface area (Å²) in [6.45, 7) is 5.97. The first kappa shape index (κ1) is 26.2. The quantitative estimate of drug-likeness (QED) is 0.470. The molecule has 1 amide bonds. The molecule has 38 heavy (non-hydrogen) atoms. The predicted octanol–water partition coefficient (Wildman–Crippen LogP) is 5.46. The van der Waals surface area contributed by atoms with Gasteiger partial charge in [0.2, 0.25) is 0 Å². The lowest BCUT2D eigenvalue weighted by Crippen LogP contribution is -2.49. The molecular weight excluding hydrogens is 497 g/mol. The number of H-pyrrole nitrogens is 1. The van der Waals surface area contributed by atoms with Gasteiger partial charge in [0.25, 0.3) is 11.5 Å². The zero-order valence-corrected chi connectivity index (χ0v) is 21.5. The van der Waals surface area contributed by atoms with Crippen molar-refractivity contribution in [1.82, 2.24) is 14.9 Å². The van der Waals surface area contributed by atoms with Gasteiger partial charge in [0, 0.05) is 42.4 Å². The molecule has 0 bridgehead atoms. The number of likely N-dealkylation sites (tertiary alicyclic amines) is 1. The summed E-state index contributed by atoms with van der Waals surface area (Å²) in [4.78, 5) is 34.1. The molecule has 7 nitrogen and oxygen atoms in total. The maximum atomic E-state index is 13.9. The fourth-order valence-corrected chi connectivity index (χ4v) is 5.76. The van der Waals surface area contributed by atoms with Crippen LogP contribution >= 0.6 is 0 Å². The number of aromatic amines is 1. The fourth-order valence-electron chi connectivity index (χ4n) is 5.76. The highest BCUT2D eigenvalue weighted by molar-refractivity contribution is 5.94. The lowest BCUT2D eigenvalue weighted by atomic mass is 9.75. The molecule has 202 valence electrons. The van der Waals surface area contributed by atoms with Gasteiger partial charge in [0.15, 0.2) is 0 Å². The molecular formula is C28H31F3N4O3. The minimum atomic E-state index is -4.62. The van der Waals surface area contributed by atoms with Crippen molar-refractivity contribution in [3.05, 3.63) is 69.3 Å². The summed E-state index contributed by atoms with van der Waals surface area (Å²) in [5.41, 5.74) is -0.265. The first-order valence-corrected chi connectivity index (χ1v) is 12.9. The van der Waals surface area contributed by atoms with Gasteiger partial charge in [0.1, 0.15) is 5.82 Å². The second-order valence-corrected chi connectivity index (χ2v) is 10.5. The number of nitrogens with one attached hydrogen (secondary N) is 2. The third kappa shape index (κ3) is 5.27. The van der Waals surface area contributed by atoms with Gasteiger partial charge < -0.3 is 19.9 Å². The molecule has 2 aliphatic heterocycles. The average Bonchev–Trinajstić information content (AvgIpc) is 2.88. The van der Waals surface area contributed by atoms with E-state index in [0.29, 0.717) is 30.9 Å². The van der Waals surface area contributed by atoms with Crippen LogP contribution in [0.2, 0.25) is 0 Å². The summed E-state index contributed by atoms with van der Waals surface area (Å²) in [7, 11) is 0. The number of hydrogen-bond acceptors (Lipinski definition) is 5. The lowest BCUT2D eigenvalue weighted by molar-refractivity contribution is -0.138. The van der Waals surface area contributed by atoms with Crippen LogP contribution in [0.25, 0.3) is 10.9 Å². The number of anilines is 1. The molecule has 0 saturated carbocycles. The summed E-state index contributed by atoms with van der Waals surface area (Å²) in [5, 5.41) is 3.18. The minimum absolute atomic E-state index is 0.00308. The molecule has 3 aromatic rings. The third-order valence-corrected chi connectivity index (χ3v) is 7.63. The SMILES string of the molecule is Cc1nc2cc(C(F)(F)F)c(C(C)Nc3ccc(C(=O)N4CCCC5(CCCOC5)C4)cc3)cc2c(=O)[nH]1.